The second kappa shape index (κ2) is 5.50. The van der Waals surface area contributed by atoms with Crippen molar-refractivity contribution in [2.75, 3.05) is 19.7 Å². The molecule has 0 aliphatic carbocycles. The van der Waals surface area contributed by atoms with Crippen LogP contribution in [0.15, 0.2) is 0 Å². The minimum Gasteiger partial charge on any atom is -0.465 e. The monoisotopic (exact) mass is 213 g/mol. The third-order valence-electron chi connectivity index (χ3n) is 3.15. The minimum atomic E-state index is -0.0709. The van der Waals surface area contributed by atoms with E-state index in [1.807, 2.05) is 0 Å². The van der Waals surface area contributed by atoms with Gasteiger partial charge in [0.2, 0.25) is 0 Å². The van der Waals surface area contributed by atoms with E-state index in [2.05, 4.69) is 25.7 Å². The van der Waals surface area contributed by atoms with E-state index in [0.29, 0.717) is 13.2 Å². The van der Waals surface area contributed by atoms with Crippen molar-refractivity contribution in [3.63, 3.8) is 0 Å². The maximum Gasteiger partial charge on any atom is 0.320 e. The topological polar surface area (TPSA) is 29.5 Å². The van der Waals surface area contributed by atoms with Gasteiger partial charge in [0, 0.05) is 5.54 Å². The first-order valence-electron chi connectivity index (χ1n) is 5.97. The molecule has 1 rings (SSSR count). The van der Waals surface area contributed by atoms with E-state index >= 15 is 0 Å². The zero-order chi connectivity index (χ0) is 11.3. The van der Waals surface area contributed by atoms with E-state index in [-0.39, 0.29) is 11.5 Å². The number of nitrogens with zero attached hydrogens (tertiary/aromatic N) is 1. The molecule has 0 aromatic rings. The molecule has 0 spiro atoms. The summed E-state index contributed by atoms with van der Waals surface area (Å²) in [6.45, 7) is 8.53. The van der Waals surface area contributed by atoms with E-state index in [1.54, 1.807) is 0 Å². The van der Waals surface area contributed by atoms with Crippen molar-refractivity contribution in [3.8, 4) is 0 Å². The summed E-state index contributed by atoms with van der Waals surface area (Å²) in [5, 5.41) is 0. The van der Waals surface area contributed by atoms with Crippen LogP contribution in [0, 0.1) is 0 Å². The molecule has 1 saturated heterocycles. The Morgan fingerprint density at radius 3 is 2.73 bits per heavy atom. The van der Waals surface area contributed by atoms with Gasteiger partial charge in [-0.25, -0.2) is 0 Å². The molecule has 0 amide bonds. The lowest BCUT2D eigenvalue weighted by molar-refractivity contribution is -0.146. The number of unbranched alkanes of at least 4 members (excludes halogenated alkanes) is 1. The molecule has 1 aliphatic heterocycles. The first-order valence-corrected chi connectivity index (χ1v) is 5.97. The third-order valence-corrected chi connectivity index (χ3v) is 3.15. The lowest BCUT2D eigenvalue weighted by Gasteiger charge is -2.30. The van der Waals surface area contributed by atoms with Crippen LogP contribution in [0.4, 0.5) is 0 Å². The Morgan fingerprint density at radius 1 is 1.47 bits per heavy atom. The highest BCUT2D eigenvalue weighted by atomic mass is 16.5. The Morgan fingerprint density at radius 2 is 2.20 bits per heavy atom. The van der Waals surface area contributed by atoms with E-state index < -0.39 is 0 Å². The van der Waals surface area contributed by atoms with Crippen LogP contribution < -0.4 is 0 Å². The van der Waals surface area contributed by atoms with Crippen molar-refractivity contribution < 1.29 is 9.53 Å². The van der Waals surface area contributed by atoms with E-state index in [9.17, 15) is 4.79 Å². The molecule has 3 nitrogen and oxygen atoms in total. The van der Waals surface area contributed by atoms with Crippen LogP contribution in [0.1, 0.15) is 46.5 Å². The van der Waals surface area contributed by atoms with Crippen molar-refractivity contribution in [3.05, 3.63) is 0 Å². The largest absolute Gasteiger partial charge is 0.465 e. The van der Waals surface area contributed by atoms with Crippen LogP contribution in [-0.4, -0.2) is 36.1 Å². The van der Waals surface area contributed by atoms with E-state index in [0.717, 1.165) is 19.4 Å². The standard InChI is InChI=1S/C12H23NO2/c1-4-5-9-15-11(14)10-13-8-6-7-12(13,2)3/h4-10H2,1-3H3. The SMILES string of the molecule is CCCCOC(=O)CN1CCCC1(C)C. The highest BCUT2D eigenvalue weighted by molar-refractivity contribution is 5.71. The van der Waals surface area contributed by atoms with Crippen molar-refractivity contribution in [1.82, 2.24) is 4.90 Å². The summed E-state index contributed by atoms with van der Waals surface area (Å²) in [7, 11) is 0. The lowest BCUT2D eigenvalue weighted by atomic mass is 10.0. The molecule has 15 heavy (non-hydrogen) atoms. The molecule has 3 heteroatoms. The quantitative estimate of drug-likeness (QED) is 0.518. The minimum absolute atomic E-state index is 0.0709. The molecular weight excluding hydrogens is 190 g/mol. The van der Waals surface area contributed by atoms with Crippen LogP contribution in [-0.2, 0) is 9.53 Å². The molecular formula is C12H23NO2. The molecule has 0 saturated carbocycles. The summed E-state index contributed by atoms with van der Waals surface area (Å²) in [6, 6.07) is 0. The Balaban J connectivity index is 2.25. The molecule has 1 aliphatic rings. The normalized spacial score (nSPS) is 20.5. The summed E-state index contributed by atoms with van der Waals surface area (Å²) in [4.78, 5) is 13.7. The van der Waals surface area contributed by atoms with Gasteiger partial charge in [0.1, 0.15) is 0 Å². The van der Waals surface area contributed by atoms with E-state index in [1.165, 1.54) is 12.8 Å². The molecule has 0 bridgehead atoms. The average molecular weight is 213 g/mol. The number of likely N-dealkylation sites (tertiary alicyclic amines) is 1. The van der Waals surface area contributed by atoms with Crippen LogP contribution in [0.25, 0.3) is 0 Å². The highest BCUT2D eigenvalue weighted by Gasteiger charge is 2.33. The number of esters is 1. The summed E-state index contributed by atoms with van der Waals surface area (Å²) < 4.78 is 5.16. The fourth-order valence-electron chi connectivity index (χ4n) is 1.99. The molecule has 0 N–H and O–H groups in total. The van der Waals surface area contributed by atoms with Gasteiger partial charge < -0.3 is 4.74 Å². The van der Waals surface area contributed by atoms with Gasteiger partial charge >= 0.3 is 5.97 Å². The lowest BCUT2D eigenvalue weighted by Crippen LogP contribution is -2.41. The highest BCUT2D eigenvalue weighted by Crippen LogP contribution is 2.27. The summed E-state index contributed by atoms with van der Waals surface area (Å²) >= 11 is 0. The zero-order valence-electron chi connectivity index (χ0n) is 10.2. The molecule has 0 atom stereocenters. The van der Waals surface area contributed by atoms with Crippen molar-refractivity contribution >= 4 is 5.97 Å². The number of hydrogen-bond acceptors (Lipinski definition) is 3. The molecule has 1 fully saturated rings. The Bertz CT molecular complexity index is 214. The summed E-state index contributed by atoms with van der Waals surface area (Å²) in [5.74, 6) is -0.0709. The maximum atomic E-state index is 11.5. The molecule has 0 aromatic carbocycles. The van der Waals surface area contributed by atoms with Gasteiger partial charge in [0.15, 0.2) is 0 Å². The second-order valence-corrected chi connectivity index (χ2v) is 4.91. The van der Waals surface area contributed by atoms with Crippen LogP contribution in [0.3, 0.4) is 0 Å². The van der Waals surface area contributed by atoms with Crippen LogP contribution in [0.2, 0.25) is 0 Å². The number of carbonyl (C=O) groups is 1. The van der Waals surface area contributed by atoms with Gasteiger partial charge in [-0.2, -0.15) is 0 Å². The fourth-order valence-corrected chi connectivity index (χ4v) is 1.99. The number of carbonyl (C=O) groups excluding carboxylic acids is 1. The zero-order valence-corrected chi connectivity index (χ0v) is 10.2. The van der Waals surface area contributed by atoms with Gasteiger partial charge in [0.05, 0.1) is 13.2 Å². The number of ether oxygens (including phenoxy) is 1. The van der Waals surface area contributed by atoms with E-state index in [4.69, 9.17) is 4.74 Å². The summed E-state index contributed by atoms with van der Waals surface area (Å²) in [5.41, 5.74) is 0.170. The molecule has 0 radical (unpaired) electrons. The molecule has 1 heterocycles. The maximum absolute atomic E-state index is 11.5. The van der Waals surface area contributed by atoms with Crippen LogP contribution in [0.5, 0.6) is 0 Å². The fraction of sp³-hybridized carbons (Fsp3) is 0.917. The predicted molar refractivity (Wildman–Crippen MR) is 60.8 cm³/mol. The number of rotatable bonds is 5. The molecule has 0 aromatic heterocycles. The third kappa shape index (κ3) is 3.82. The van der Waals surface area contributed by atoms with Gasteiger partial charge in [-0.15, -0.1) is 0 Å². The number of hydrogen-bond donors (Lipinski definition) is 0. The van der Waals surface area contributed by atoms with Gasteiger partial charge in [-0.05, 0) is 39.7 Å². The Hall–Kier alpha value is -0.570. The smallest absolute Gasteiger partial charge is 0.320 e. The van der Waals surface area contributed by atoms with Gasteiger partial charge in [0.25, 0.3) is 0 Å². The Labute approximate surface area is 92.8 Å². The Kier molecular flexibility index (Phi) is 4.58. The first-order chi connectivity index (χ1) is 7.06. The van der Waals surface area contributed by atoms with Crippen LogP contribution >= 0.6 is 0 Å². The summed E-state index contributed by atoms with van der Waals surface area (Å²) in [6.07, 6.45) is 4.40. The van der Waals surface area contributed by atoms with Gasteiger partial charge in [-0.1, -0.05) is 13.3 Å². The van der Waals surface area contributed by atoms with Crippen molar-refractivity contribution in [2.45, 2.75) is 52.0 Å². The molecule has 0 unspecified atom stereocenters. The first kappa shape index (κ1) is 12.5. The van der Waals surface area contributed by atoms with Crippen molar-refractivity contribution in [2.24, 2.45) is 0 Å². The second-order valence-electron chi connectivity index (χ2n) is 4.91. The predicted octanol–water partition coefficient (Wildman–Crippen LogP) is 2.20. The van der Waals surface area contributed by atoms with Gasteiger partial charge in [-0.3, -0.25) is 9.69 Å². The van der Waals surface area contributed by atoms with Crippen molar-refractivity contribution in [1.29, 1.82) is 0 Å². The average Bonchev–Trinajstić information content (AvgIpc) is 2.46. The molecule has 88 valence electrons.